The number of benzene rings is 1. The molecule has 0 spiro atoms. The lowest BCUT2D eigenvalue weighted by Gasteiger charge is -2.10. The van der Waals surface area contributed by atoms with Gasteiger partial charge in [0.25, 0.3) is 0 Å². The molecule has 0 unspecified atom stereocenters. The van der Waals surface area contributed by atoms with E-state index in [4.69, 9.17) is 21.1 Å². The van der Waals surface area contributed by atoms with Gasteiger partial charge in [-0.25, -0.2) is 0 Å². The van der Waals surface area contributed by atoms with E-state index in [0.29, 0.717) is 5.88 Å². The summed E-state index contributed by atoms with van der Waals surface area (Å²) in [6, 6.07) is 9.29. The number of methoxy groups -OCH3 is 1. The molecule has 3 nitrogen and oxygen atoms in total. The van der Waals surface area contributed by atoms with Crippen LogP contribution >= 0.6 is 11.6 Å². The first-order chi connectivity index (χ1) is 8.72. The van der Waals surface area contributed by atoms with Crippen LogP contribution in [0.15, 0.2) is 36.5 Å². The summed E-state index contributed by atoms with van der Waals surface area (Å²) in [6.45, 7) is 1.92. The number of ether oxygens (including phenoxy) is 2. The average Bonchev–Trinajstić information content (AvgIpc) is 2.40. The molecule has 0 atom stereocenters. The fourth-order valence-corrected chi connectivity index (χ4v) is 1.73. The van der Waals surface area contributed by atoms with Crippen LogP contribution in [0.4, 0.5) is 0 Å². The Kier molecular flexibility index (Phi) is 4.05. The molecule has 0 bridgehead atoms. The summed E-state index contributed by atoms with van der Waals surface area (Å²) in [7, 11) is 1.63. The zero-order valence-electron chi connectivity index (χ0n) is 10.3. The molecule has 1 aromatic carbocycles. The Balaban J connectivity index is 2.24. The Hall–Kier alpha value is -1.74. The fourth-order valence-electron chi connectivity index (χ4n) is 1.53. The zero-order chi connectivity index (χ0) is 13.0. The number of nitrogens with zero attached hydrogens (tertiary/aromatic N) is 1. The van der Waals surface area contributed by atoms with Crippen molar-refractivity contribution < 1.29 is 9.47 Å². The van der Waals surface area contributed by atoms with E-state index in [1.165, 1.54) is 0 Å². The maximum Gasteiger partial charge on any atom is 0.135 e. The van der Waals surface area contributed by atoms with Gasteiger partial charge in [-0.2, -0.15) is 0 Å². The Labute approximate surface area is 111 Å². The van der Waals surface area contributed by atoms with Gasteiger partial charge < -0.3 is 9.47 Å². The predicted octanol–water partition coefficient (Wildman–Crippen LogP) is 3.93. The summed E-state index contributed by atoms with van der Waals surface area (Å²) in [5.41, 5.74) is 1.77. The lowest BCUT2D eigenvalue weighted by Crippen LogP contribution is -1.93. The number of rotatable bonds is 4. The minimum absolute atomic E-state index is 0.374. The summed E-state index contributed by atoms with van der Waals surface area (Å²) in [4.78, 5) is 4.20. The van der Waals surface area contributed by atoms with Crippen LogP contribution in [-0.2, 0) is 5.88 Å². The lowest BCUT2D eigenvalue weighted by atomic mass is 10.2. The number of aryl methyl sites for hydroxylation is 1. The van der Waals surface area contributed by atoms with E-state index in [-0.39, 0.29) is 0 Å². The normalized spacial score (nSPS) is 10.2. The molecule has 0 aliphatic rings. The number of hydrogen-bond acceptors (Lipinski definition) is 3. The summed E-state index contributed by atoms with van der Waals surface area (Å²) in [5, 5.41) is 0. The average molecular weight is 264 g/mol. The molecule has 0 amide bonds. The highest BCUT2D eigenvalue weighted by atomic mass is 35.5. The van der Waals surface area contributed by atoms with Gasteiger partial charge in [-0.15, -0.1) is 11.6 Å². The van der Waals surface area contributed by atoms with Gasteiger partial charge in [-0.3, -0.25) is 4.98 Å². The molecule has 94 valence electrons. The summed E-state index contributed by atoms with van der Waals surface area (Å²) in [6.07, 6.45) is 1.74. The van der Waals surface area contributed by atoms with Crippen LogP contribution in [0.5, 0.6) is 17.2 Å². The van der Waals surface area contributed by atoms with Crippen molar-refractivity contribution in [2.75, 3.05) is 7.11 Å². The monoisotopic (exact) mass is 263 g/mol. The van der Waals surface area contributed by atoms with Gasteiger partial charge in [-0.05, 0) is 31.2 Å². The first kappa shape index (κ1) is 12.7. The molecule has 0 radical (unpaired) electrons. The van der Waals surface area contributed by atoms with E-state index in [0.717, 1.165) is 28.5 Å². The Bertz CT molecular complexity index is 526. The number of hydrogen-bond donors (Lipinski definition) is 0. The molecule has 4 heteroatoms. The Morgan fingerprint density at radius 2 is 1.83 bits per heavy atom. The third-order valence-electron chi connectivity index (χ3n) is 2.51. The molecular weight excluding hydrogens is 250 g/mol. The van der Waals surface area contributed by atoms with Crippen LogP contribution in [0, 0.1) is 6.92 Å². The van der Waals surface area contributed by atoms with Gasteiger partial charge in [0.1, 0.15) is 17.2 Å². The van der Waals surface area contributed by atoms with Gasteiger partial charge in [0.2, 0.25) is 0 Å². The van der Waals surface area contributed by atoms with Gasteiger partial charge >= 0.3 is 0 Å². The Morgan fingerprint density at radius 3 is 2.44 bits per heavy atom. The van der Waals surface area contributed by atoms with Crippen LogP contribution in [0.3, 0.4) is 0 Å². The van der Waals surface area contributed by atoms with E-state index in [2.05, 4.69) is 4.98 Å². The van der Waals surface area contributed by atoms with Crippen LogP contribution in [0.1, 0.15) is 11.3 Å². The molecule has 0 aliphatic heterocycles. The lowest BCUT2D eigenvalue weighted by molar-refractivity contribution is 0.412. The second-order valence-electron chi connectivity index (χ2n) is 3.84. The van der Waals surface area contributed by atoms with E-state index < -0.39 is 0 Å². The van der Waals surface area contributed by atoms with Crippen molar-refractivity contribution in [2.24, 2.45) is 0 Å². The van der Waals surface area contributed by atoms with Crippen molar-refractivity contribution in [3.63, 3.8) is 0 Å². The first-order valence-corrected chi connectivity index (χ1v) is 6.10. The van der Waals surface area contributed by atoms with Gasteiger partial charge in [0, 0.05) is 23.5 Å². The van der Waals surface area contributed by atoms with Crippen molar-refractivity contribution in [1.82, 2.24) is 4.98 Å². The second-order valence-corrected chi connectivity index (χ2v) is 4.11. The fraction of sp³-hybridized carbons (Fsp3) is 0.214. The van der Waals surface area contributed by atoms with Crippen molar-refractivity contribution in [1.29, 1.82) is 0 Å². The maximum atomic E-state index is 5.86. The predicted molar refractivity (Wildman–Crippen MR) is 71.6 cm³/mol. The third kappa shape index (κ3) is 2.93. The van der Waals surface area contributed by atoms with E-state index >= 15 is 0 Å². The van der Waals surface area contributed by atoms with Gasteiger partial charge in [0.05, 0.1) is 13.0 Å². The van der Waals surface area contributed by atoms with Crippen molar-refractivity contribution in [2.45, 2.75) is 12.8 Å². The maximum absolute atomic E-state index is 5.86. The number of alkyl halides is 1. The summed E-state index contributed by atoms with van der Waals surface area (Å²) in [5.74, 6) is 2.65. The minimum atomic E-state index is 0.374. The molecule has 18 heavy (non-hydrogen) atoms. The molecule has 0 saturated heterocycles. The molecule has 0 saturated carbocycles. The highest BCUT2D eigenvalue weighted by Crippen LogP contribution is 2.27. The molecular formula is C14H14ClNO2. The number of pyridine rings is 1. The summed E-state index contributed by atoms with van der Waals surface area (Å²) >= 11 is 5.86. The topological polar surface area (TPSA) is 31.4 Å². The largest absolute Gasteiger partial charge is 0.497 e. The van der Waals surface area contributed by atoms with Crippen LogP contribution in [0.2, 0.25) is 0 Å². The highest BCUT2D eigenvalue weighted by Gasteiger charge is 2.05. The van der Waals surface area contributed by atoms with Gasteiger partial charge in [-0.1, -0.05) is 0 Å². The third-order valence-corrected chi connectivity index (χ3v) is 2.80. The van der Waals surface area contributed by atoms with Crippen molar-refractivity contribution in [3.05, 3.63) is 47.8 Å². The molecule has 2 rings (SSSR count). The number of halogens is 1. The molecule has 1 aromatic heterocycles. The van der Waals surface area contributed by atoms with E-state index in [9.17, 15) is 0 Å². The minimum Gasteiger partial charge on any atom is -0.497 e. The van der Waals surface area contributed by atoms with E-state index in [1.54, 1.807) is 13.3 Å². The van der Waals surface area contributed by atoms with Crippen molar-refractivity contribution in [3.8, 4) is 17.2 Å². The van der Waals surface area contributed by atoms with Crippen LogP contribution < -0.4 is 9.47 Å². The van der Waals surface area contributed by atoms with Crippen LogP contribution in [-0.4, -0.2) is 12.1 Å². The quantitative estimate of drug-likeness (QED) is 0.783. The molecule has 2 aromatic rings. The smallest absolute Gasteiger partial charge is 0.135 e. The van der Waals surface area contributed by atoms with Crippen molar-refractivity contribution >= 4 is 11.6 Å². The molecule has 0 fully saturated rings. The highest BCUT2D eigenvalue weighted by molar-refractivity contribution is 6.17. The van der Waals surface area contributed by atoms with E-state index in [1.807, 2.05) is 37.3 Å². The molecule has 0 aliphatic carbocycles. The Morgan fingerprint density at radius 1 is 1.17 bits per heavy atom. The number of aromatic nitrogens is 1. The first-order valence-electron chi connectivity index (χ1n) is 5.56. The standard InChI is InChI=1S/C14H14ClNO2/c1-10-7-14(11(8-15)9-16-10)18-13-5-3-12(17-2)4-6-13/h3-7,9H,8H2,1-2H3. The molecule has 1 heterocycles. The van der Waals surface area contributed by atoms with Crippen LogP contribution in [0.25, 0.3) is 0 Å². The summed E-state index contributed by atoms with van der Waals surface area (Å²) < 4.78 is 10.9. The molecule has 0 N–H and O–H groups in total. The second kappa shape index (κ2) is 5.74. The van der Waals surface area contributed by atoms with Gasteiger partial charge in [0.15, 0.2) is 0 Å². The SMILES string of the molecule is COc1ccc(Oc2cc(C)ncc2CCl)cc1. The zero-order valence-corrected chi connectivity index (χ0v) is 11.1.